The van der Waals surface area contributed by atoms with Crippen molar-refractivity contribution in [3.63, 3.8) is 0 Å². The molecule has 0 rings (SSSR count). The van der Waals surface area contributed by atoms with Gasteiger partial charge in [-0.25, -0.2) is 4.57 Å². The summed E-state index contributed by atoms with van der Waals surface area (Å²) in [6, 6.07) is 0. The van der Waals surface area contributed by atoms with Crippen LogP contribution in [-0.2, 0) is 32.7 Å². The van der Waals surface area contributed by atoms with Gasteiger partial charge in [0.25, 0.3) is 0 Å². The lowest BCUT2D eigenvalue weighted by molar-refractivity contribution is -0.161. The Labute approximate surface area is 244 Å². The molecule has 0 heterocycles. The summed E-state index contributed by atoms with van der Waals surface area (Å²) in [5.74, 6) is -0.883. The molecule has 0 radical (unpaired) electrons. The molecule has 2 unspecified atom stereocenters. The molecular weight excluding hydrogens is 533 g/mol. The zero-order valence-corrected chi connectivity index (χ0v) is 26.5. The van der Waals surface area contributed by atoms with Crippen LogP contribution in [0.2, 0.25) is 0 Å². The minimum atomic E-state index is -4.34. The average Bonchev–Trinajstić information content (AvgIpc) is 2.93. The molecule has 9 nitrogen and oxygen atoms in total. The van der Waals surface area contributed by atoms with Gasteiger partial charge in [-0.3, -0.25) is 18.6 Å². The Morgan fingerprint density at radius 1 is 0.650 bits per heavy atom. The Morgan fingerprint density at radius 2 is 1.12 bits per heavy atom. The molecule has 0 spiro atoms. The van der Waals surface area contributed by atoms with Gasteiger partial charge in [-0.2, -0.15) is 0 Å². The molecule has 0 saturated heterocycles. The maximum Gasteiger partial charge on any atom is 0.472 e. The number of esters is 2. The third-order valence-corrected chi connectivity index (χ3v) is 7.70. The second-order valence-corrected chi connectivity index (χ2v) is 12.1. The second kappa shape index (κ2) is 28.1. The minimum Gasteiger partial charge on any atom is -0.462 e. The fourth-order valence-electron chi connectivity index (χ4n) is 4.38. The molecule has 238 valence electrons. The van der Waals surface area contributed by atoms with Gasteiger partial charge in [0, 0.05) is 19.4 Å². The second-order valence-electron chi connectivity index (χ2n) is 10.7. The fourth-order valence-corrected chi connectivity index (χ4v) is 5.14. The number of nitrogens with two attached hydrogens (primary N) is 1. The van der Waals surface area contributed by atoms with Crippen molar-refractivity contribution >= 4 is 19.8 Å². The number of carbonyl (C=O) groups is 2. The molecular formula is C30H60NO8P. The number of unbranched alkanes of at least 4 members (excludes halogenated alkanes) is 17. The summed E-state index contributed by atoms with van der Waals surface area (Å²) in [6.45, 7) is 3.34. The summed E-state index contributed by atoms with van der Waals surface area (Å²) >= 11 is 0. The lowest BCUT2D eigenvalue weighted by Gasteiger charge is -2.19. The molecule has 0 fully saturated rings. The van der Waals surface area contributed by atoms with Gasteiger partial charge in [0.05, 0.1) is 13.2 Å². The van der Waals surface area contributed by atoms with Crippen LogP contribution in [0.25, 0.3) is 0 Å². The van der Waals surface area contributed by atoms with Crippen molar-refractivity contribution < 1.29 is 37.6 Å². The van der Waals surface area contributed by atoms with E-state index >= 15 is 0 Å². The zero-order chi connectivity index (χ0) is 29.7. The lowest BCUT2D eigenvalue weighted by atomic mass is 10.0. The van der Waals surface area contributed by atoms with Gasteiger partial charge in [0.15, 0.2) is 6.10 Å². The molecule has 0 aromatic heterocycles. The van der Waals surface area contributed by atoms with Crippen molar-refractivity contribution in [2.45, 2.75) is 155 Å². The zero-order valence-electron chi connectivity index (χ0n) is 25.6. The van der Waals surface area contributed by atoms with Crippen molar-refractivity contribution in [1.29, 1.82) is 0 Å². The smallest absolute Gasteiger partial charge is 0.462 e. The SMILES string of the molecule is CCCCCCCCCCCCCCCCCCCCC(=O)OC(COC(=O)CCC)COP(=O)(O)OCCN. The van der Waals surface area contributed by atoms with Crippen molar-refractivity contribution in [1.82, 2.24) is 0 Å². The van der Waals surface area contributed by atoms with Gasteiger partial charge >= 0.3 is 19.8 Å². The Bertz CT molecular complexity index is 649. The maximum atomic E-state index is 12.3. The summed E-state index contributed by atoms with van der Waals surface area (Å²) in [6.07, 6.45) is 23.0. The van der Waals surface area contributed by atoms with E-state index in [1.807, 2.05) is 6.92 Å². The van der Waals surface area contributed by atoms with Crippen LogP contribution in [0.3, 0.4) is 0 Å². The van der Waals surface area contributed by atoms with Crippen LogP contribution in [0.15, 0.2) is 0 Å². The van der Waals surface area contributed by atoms with Crippen LogP contribution < -0.4 is 5.73 Å². The lowest BCUT2D eigenvalue weighted by Crippen LogP contribution is -2.29. The van der Waals surface area contributed by atoms with Crippen molar-refractivity contribution in [2.24, 2.45) is 5.73 Å². The molecule has 0 saturated carbocycles. The van der Waals surface area contributed by atoms with E-state index in [9.17, 15) is 19.0 Å². The van der Waals surface area contributed by atoms with E-state index in [1.165, 1.54) is 96.3 Å². The first-order chi connectivity index (χ1) is 19.3. The molecule has 3 N–H and O–H groups in total. The van der Waals surface area contributed by atoms with E-state index in [-0.39, 0.29) is 32.6 Å². The van der Waals surface area contributed by atoms with E-state index in [2.05, 4.69) is 11.4 Å². The largest absolute Gasteiger partial charge is 0.472 e. The molecule has 40 heavy (non-hydrogen) atoms. The monoisotopic (exact) mass is 593 g/mol. The molecule has 0 aromatic carbocycles. The third-order valence-electron chi connectivity index (χ3n) is 6.71. The van der Waals surface area contributed by atoms with E-state index in [0.29, 0.717) is 12.8 Å². The number of hydrogen-bond acceptors (Lipinski definition) is 8. The number of rotatable bonds is 30. The fraction of sp³-hybridized carbons (Fsp3) is 0.933. The third kappa shape index (κ3) is 27.2. The molecule has 0 amide bonds. The number of phosphoric ester groups is 1. The van der Waals surface area contributed by atoms with Gasteiger partial charge in [0.2, 0.25) is 0 Å². The highest BCUT2D eigenvalue weighted by Crippen LogP contribution is 2.43. The van der Waals surface area contributed by atoms with Crippen LogP contribution in [0, 0.1) is 0 Å². The summed E-state index contributed by atoms with van der Waals surface area (Å²) in [5.41, 5.74) is 5.27. The molecule has 2 atom stereocenters. The Hall–Kier alpha value is -0.990. The van der Waals surface area contributed by atoms with Gasteiger partial charge in [0.1, 0.15) is 6.61 Å². The number of hydrogen-bond donors (Lipinski definition) is 2. The van der Waals surface area contributed by atoms with Crippen molar-refractivity contribution in [3.8, 4) is 0 Å². The first-order valence-electron chi connectivity index (χ1n) is 16.0. The Balaban J connectivity index is 3.88. The highest BCUT2D eigenvalue weighted by molar-refractivity contribution is 7.47. The number of phosphoric acid groups is 1. The van der Waals surface area contributed by atoms with Crippen LogP contribution >= 0.6 is 7.82 Å². The highest BCUT2D eigenvalue weighted by Gasteiger charge is 2.25. The van der Waals surface area contributed by atoms with Crippen LogP contribution in [0.1, 0.15) is 149 Å². The maximum absolute atomic E-state index is 12.3. The normalized spacial score (nSPS) is 13.6. The quantitative estimate of drug-likeness (QED) is 0.0486. The van der Waals surface area contributed by atoms with E-state index in [0.717, 1.165) is 12.8 Å². The molecule has 0 bridgehead atoms. The molecule has 10 heteroatoms. The van der Waals surface area contributed by atoms with E-state index < -0.39 is 32.5 Å². The molecule has 0 aliphatic rings. The highest BCUT2D eigenvalue weighted by atomic mass is 31.2. The first-order valence-corrected chi connectivity index (χ1v) is 17.5. The van der Waals surface area contributed by atoms with Gasteiger partial charge in [-0.05, 0) is 12.8 Å². The van der Waals surface area contributed by atoms with Gasteiger partial charge < -0.3 is 20.1 Å². The van der Waals surface area contributed by atoms with Crippen LogP contribution in [0.4, 0.5) is 0 Å². The molecule has 0 aromatic rings. The van der Waals surface area contributed by atoms with Crippen molar-refractivity contribution in [3.05, 3.63) is 0 Å². The molecule has 0 aliphatic heterocycles. The Morgan fingerprint density at radius 3 is 1.57 bits per heavy atom. The van der Waals surface area contributed by atoms with Crippen LogP contribution in [0.5, 0.6) is 0 Å². The van der Waals surface area contributed by atoms with Gasteiger partial charge in [-0.15, -0.1) is 0 Å². The summed E-state index contributed by atoms with van der Waals surface area (Å²) in [4.78, 5) is 33.6. The van der Waals surface area contributed by atoms with E-state index in [4.69, 9.17) is 19.7 Å². The predicted molar refractivity (Wildman–Crippen MR) is 160 cm³/mol. The average molecular weight is 594 g/mol. The standard InChI is InChI=1S/C30H60NO8P/c1-3-5-6-7-8-9-10-11-12-13-14-15-16-17-18-19-20-21-23-30(33)39-28(26-36-29(32)22-4-2)27-38-40(34,35)37-25-24-31/h28H,3-27,31H2,1-2H3,(H,34,35). The number of carbonyl (C=O) groups excluding carboxylic acids is 2. The minimum absolute atomic E-state index is 0.0559. The summed E-state index contributed by atoms with van der Waals surface area (Å²) < 4.78 is 31.9. The topological polar surface area (TPSA) is 134 Å². The number of ether oxygens (including phenoxy) is 2. The van der Waals surface area contributed by atoms with Crippen LogP contribution in [-0.4, -0.2) is 49.3 Å². The predicted octanol–water partition coefficient (Wildman–Crippen LogP) is 7.77. The first kappa shape index (κ1) is 39.0. The van der Waals surface area contributed by atoms with Crippen molar-refractivity contribution in [2.75, 3.05) is 26.4 Å². The summed E-state index contributed by atoms with van der Waals surface area (Å²) in [7, 11) is -4.34. The Kier molecular flexibility index (Phi) is 27.4. The van der Waals surface area contributed by atoms with E-state index in [1.54, 1.807) is 0 Å². The summed E-state index contributed by atoms with van der Waals surface area (Å²) in [5, 5.41) is 0. The van der Waals surface area contributed by atoms with Gasteiger partial charge in [-0.1, -0.05) is 123 Å². The molecule has 0 aliphatic carbocycles.